The summed E-state index contributed by atoms with van der Waals surface area (Å²) in [4.78, 5) is 22.6. The van der Waals surface area contributed by atoms with Gasteiger partial charge >= 0.3 is 0 Å². The van der Waals surface area contributed by atoms with Crippen molar-refractivity contribution in [2.24, 2.45) is 0 Å². The fourth-order valence-electron chi connectivity index (χ4n) is 2.90. The molecule has 11 nitrogen and oxygen atoms in total. The van der Waals surface area contributed by atoms with E-state index in [2.05, 4.69) is 5.32 Å². The van der Waals surface area contributed by atoms with Gasteiger partial charge in [0.15, 0.2) is 6.61 Å². The quantitative estimate of drug-likeness (QED) is 0.472. The van der Waals surface area contributed by atoms with Gasteiger partial charge in [-0.3, -0.25) is 14.9 Å². The van der Waals surface area contributed by atoms with Gasteiger partial charge in [0.05, 0.1) is 41.9 Å². The third-order valence-corrected chi connectivity index (χ3v) is 6.35. The third kappa shape index (κ3) is 5.48. The predicted octanol–water partition coefficient (Wildman–Crippen LogP) is 1.64. The normalized spacial score (nSPS) is 14.6. The lowest BCUT2D eigenvalue weighted by Crippen LogP contribution is -2.40. The van der Waals surface area contributed by atoms with E-state index < -0.39 is 27.5 Å². The number of amides is 1. The Balaban J connectivity index is 1.72. The topological polar surface area (TPSA) is 137 Å². The Bertz CT molecular complexity index is 1070. The van der Waals surface area contributed by atoms with Crippen molar-refractivity contribution in [1.82, 2.24) is 4.31 Å². The summed E-state index contributed by atoms with van der Waals surface area (Å²) >= 11 is 0. The molecule has 0 radical (unpaired) electrons. The molecule has 1 fully saturated rings. The van der Waals surface area contributed by atoms with E-state index in [1.165, 1.54) is 53.9 Å². The Morgan fingerprint density at radius 2 is 1.97 bits per heavy atom. The van der Waals surface area contributed by atoms with Crippen LogP contribution in [0.25, 0.3) is 0 Å². The van der Waals surface area contributed by atoms with Crippen molar-refractivity contribution < 1.29 is 32.3 Å². The highest BCUT2D eigenvalue weighted by atomic mass is 32.2. The van der Waals surface area contributed by atoms with E-state index in [1.54, 1.807) is 0 Å². The zero-order chi connectivity index (χ0) is 22.4. The molecule has 2 aromatic rings. The highest BCUT2D eigenvalue weighted by Gasteiger charge is 2.27. The Morgan fingerprint density at radius 1 is 1.23 bits per heavy atom. The molecule has 0 aliphatic carbocycles. The summed E-state index contributed by atoms with van der Waals surface area (Å²) in [7, 11) is -2.37. The van der Waals surface area contributed by atoms with E-state index >= 15 is 0 Å². The third-order valence-electron chi connectivity index (χ3n) is 4.45. The van der Waals surface area contributed by atoms with E-state index in [9.17, 15) is 23.3 Å². The molecule has 0 saturated carbocycles. The van der Waals surface area contributed by atoms with Crippen LogP contribution in [0.2, 0.25) is 0 Å². The molecule has 0 aromatic heterocycles. The molecule has 3 rings (SSSR count). The summed E-state index contributed by atoms with van der Waals surface area (Å²) in [5.41, 5.74) is -0.00919. The SMILES string of the molecule is COc1ccc(S(=O)(=O)N2CCOCC2)cc1NC(=O)COc1cccc([N+](=O)[O-])c1. The smallest absolute Gasteiger partial charge is 0.273 e. The molecule has 1 heterocycles. The van der Waals surface area contributed by atoms with Crippen LogP contribution in [0.1, 0.15) is 0 Å². The number of methoxy groups -OCH3 is 1. The lowest BCUT2D eigenvalue weighted by molar-refractivity contribution is -0.384. The first-order chi connectivity index (χ1) is 14.8. The lowest BCUT2D eigenvalue weighted by Gasteiger charge is -2.26. The molecule has 1 aliphatic heterocycles. The van der Waals surface area contributed by atoms with Crippen molar-refractivity contribution in [3.63, 3.8) is 0 Å². The minimum absolute atomic E-state index is 0.00472. The van der Waals surface area contributed by atoms with Crippen LogP contribution in [-0.4, -0.2) is 63.6 Å². The van der Waals surface area contributed by atoms with Crippen LogP contribution in [0.4, 0.5) is 11.4 Å². The monoisotopic (exact) mass is 451 g/mol. The van der Waals surface area contributed by atoms with Crippen molar-refractivity contribution in [2.75, 3.05) is 45.3 Å². The molecule has 2 aromatic carbocycles. The molecular weight excluding hydrogens is 430 g/mol. The Labute approximate surface area is 178 Å². The van der Waals surface area contributed by atoms with Gasteiger partial charge in [0, 0.05) is 19.2 Å². The van der Waals surface area contributed by atoms with E-state index in [0.29, 0.717) is 13.2 Å². The molecule has 1 saturated heterocycles. The Kier molecular flexibility index (Phi) is 7.05. The predicted molar refractivity (Wildman–Crippen MR) is 110 cm³/mol. The molecule has 0 bridgehead atoms. The Morgan fingerprint density at radius 3 is 2.65 bits per heavy atom. The number of sulfonamides is 1. The first-order valence-electron chi connectivity index (χ1n) is 9.24. The van der Waals surface area contributed by atoms with Crippen LogP contribution >= 0.6 is 0 Å². The molecular formula is C19H21N3O8S. The maximum Gasteiger partial charge on any atom is 0.273 e. The molecule has 1 N–H and O–H groups in total. The highest BCUT2D eigenvalue weighted by Crippen LogP contribution is 2.29. The van der Waals surface area contributed by atoms with Gasteiger partial charge in [0.2, 0.25) is 10.0 Å². The molecule has 31 heavy (non-hydrogen) atoms. The van der Waals surface area contributed by atoms with E-state index in [4.69, 9.17) is 14.2 Å². The number of hydrogen-bond donors (Lipinski definition) is 1. The van der Waals surface area contributed by atoms with Crippen LogP contribution in [0, 0.1) is 10.1 Å². The van der Waals surface area contributed by atoms with Gasteiger partial charge < -0.3 is 19.5 Å². The number of nitro benzene ring substituents is 1. The van der Waals surface area contributed by atoms with Crippen molar-refractivity contribution in [3.05, 3.63) is 52.6 Å². The average molecular weight is 451 g/mol. The fourth-order valence-corrected chi connectivity index (χ4v) is 4.34. The zero-order valence-electron chi connectivity index (χ0n) is 16.6. The number of hydrogen-bond acceptors (Lipinski definition) is 8. The van der Waals surface area contributed by atoms with Gasteiger partial charge in [0.25, 0.3) is 11.6 Å². The van der Waals surface area contributed by atoms with Gasteiger partial charge in [0.1, 0.15) is 11.5 Å². The van der Waals surface area contributed by atoms with Gasteiger partial charge in [-0.1, -0.05) is 6.07 Å². The first kappa shape index (κ1) is 22.5. The number of nitrogens with zero attached hydrogens (tertiary/aromatic N) is 2. The summed E-state index contributed by atoms with van der Waals surface area (Å²) in [6.07, 6.45) is 0. The van der Waals surface area contributed by atoms with Gasteiger partial charge in [-0.25, -0.2) is 8.42 Å². The van der Waals surface area contributed by atoms with Crippen molar-refractivity contribution in [3.8, 4) is 11.5 Å². The summed E-state index contributed by atoms with van der Waals surface area (Å²) in [6.45, 7) is 0.674. The standard InChI is InChI=1S/C19H21N3O8S/c1-28-18-6-5-16(31(26,27)21-7-9-29-10-8-21)12-17(18)20-19(23)13-30-15-4-2-3-14(11-15)22(24)25/h2-6,11-12H,7-10,13H2,1H3,(H,20,23). The van der Waals surface area contributed by atoms with E-state index in [-0.39, 0.29) is 40.9 Å². The fraction of sp³-hybridized carbons (Fsp3) is 0.316. The summed E-state index contributed by atoms with van der Waals surface area (Å²) < 4.78 is 42.7. The van der Waals surface area contributed by atoms with Crippen molar-refractivity contribution in [1.29, 1.82) is 0 Å². The van der Waals surface area contributed by atoms with Crippen LogP contribution in [-0.2, 0) is 19.6 Å². The minimum Gasteiger partial charge on any atom is -0.495 e. The lowest BCUT2D eigenvalue weighted by atomic mass is 10.3. The molecule has 0 spiro atoms. The zero-order valence-corrected chi connectivity index (χ0v) is 17.5. The number of nitrogens with one attached hydrogen (secondary N) is 1. The second kappa shape index (κ2) is 9.73. The molecule has 1 amide bonds. The Hall–Kier alpha value is -3.22. The number of ether oxygens (including phenoxy) is 3. The number of benzene rings is 2. The van der Waals surface area contributed by atoms with Crippen LogP contribution in [0.5, 0.6) is 11.5 Å². The maximum atomic E-state index is 12.9. The van der Waals surface area contributed by atoms with Crippen LogP contribution in [0.3, 0.4) is 0 Å². The summed E-state index contributed by atoms with van der Waals surface area (Å²) in [6, 6.07) is 9.59. The van der Waals surface area contributed by atoms with Crippen molar-refractivity contribution >= 4 is 27.3 Å². The van der Waals surface area contributed by atoms with Crippen LogP contribution in [0.15, 0.2) is 47.4 Å². The molecule has 166 valence electrons. The average Bonchev–Trinajstić information content (AvgIpc) is 2.78. The number of carbonyl (C=O) groups excluding carboxylic acids is 1. The number of morpholine rings is 1. The number of carbonyl (C=O) groups is 1. The van der Waals surface area contributed by atoms with Crippen molar-refractivity contribution in [2.45, 2.75) is 4.90 Å². The molecule has 1 aliphatic rings. The van der Waals surface area contributed by atoms with E-state index in [0.717, 1.165) is 0 Å². The number of rotatable bonds is 8. The summed E-state index contributed by atoms with van der Waals surface area (Å²) in [5, 5.41) is 13.4. The largest absolute Gasteiger partial charge is 0.495 e. The first-order valence-corrected chi connectivity index (χ1v) is 10.7. The molecule has 12 heteroatoms. The second-order valence-electron chi connectivity index (χ2n) is 6.47. The van der Waals surface area contributed by atoms with Crippen LogP contribution < -0.4 is 14.8 Å². The highest BCUT2D eigenvalue weighted by molar-refractivity contribution is 7.89. The van der Waals surface area contributed by atoms with Gasteiger partial charge in [-0.15, -0.1) is 0 Å². The van der Waals surface area contributed by atoms with E-state index in [1.807, 2.05) is 0 Å². The van der Waals surface area contributed by atoms with Gasteiger partial charge in [-0.2, -0.15) is 4.31 Å². The number of non-ortho nitro benzene ring substituents is 1. The second-order valence-corrected chi connectivity index (χ2v) is 8.41. The molecule has 0 unspecified atom stereocenters. The number of anilines is 1. The minimum atomic E-state index is -3.76. The van der Waals surface area contributed by atoms with Gasteiger partial charge in [-0.05, 0) is 24.3 Å². The summed E-state index contributed by atoms with van der Waals surface area (Å²) in [5.74, 6) is -0.171. The maximum absolute atomic E-state index is 12.9. The molecule has 0 atom stereocenters. The number of nitro groups is 1.